The van der Waals surface area contributed by atoms with Crippen molar-refractivity contribution in [2.75, 3.05) is 0 Å². The Hall–Kier alpha value is -0.665. The predicted octanol–water partition coefficient (Wildman–Crippen LogP) is 3.39. The van der Waals surface area contributed by atoms with Crippen LogP contribution in [0.1, 0.15) is 0 Å². The van der Waals surface area contributed by atoms with Gasteiger partial charge in [0.1, 0.15) is 7.85 Å². The quantitative estimate of drug-likeness (QED) is 0.757. The minimum atomic E-state index is 0.818. The van der Waals surface area contributed by atoms with Gasteiger partial charge >= 0.3 is 0 Å². The van der Waals surface area contributed by atoms with E-state index in [-0.39, 0.29) is 0 Å². The average molecular weight is 275 g/mol. The first-order chi connectivity index (χ1) is 7.27. The normalized spacial score (nSPS) is 10.2. The van der Waals surface area contributed by atoms with Gasteiger partial charge in [-0.1, -0.05) is 47.6 Å². The first-order valence-corrected chi connectivity index (χ1v) is 6.15. The van der Waals surface area contributed by atoms with Crippen LogP contribution in [0.3, 0.4) is 0 Å². The topological polar surface area (TPSA) is 0 Å². The maximum absolute atomic E-state index is 5.88. The lowest BCUT2D eigenvalue weighted by Gasteiger charge is -2.06. The van der Waals surface area contributed by atoms with E-state index >= 15 is 0 Å². The van der Waals surface area contributed by atoms with E-state index < -0.39 is 0 Å². The van der Waals surface area contributed by atoms with Gasteiger partial charge in [-0.2, -0.15) is 0 Å². The third-order valence-corrected chi connectivity index (χ3v) is 4.10. The molecular weight excluding hydrogens is 267 g/mol. The van der Waals surface area contributed by atoms with Gasteiger partial charge < -0.3 is 0 Å². The summed E-state index contributed by atoms with van der Waals surface area (Å²) < 4.78 is 1.10. The largest absolute Gasteiger partial charge is 0.115 e. The third kappa shape index (κ3) is 2.67. The van der Waals surface area contributed by atoms with E-state index in [0.717, 1.165) is 14.8 Å². The summed E-state index contributed by atoms with van der Waals surface area (Å²) in [5.41, 5.74) is 0.818. The van der Waals surface area contributed by atoms with Gasteiger partial charge in [0.25, 0.3) is 0 Å². The predicted molar refractivity (Wildman–Crippen MR) is 70.1 cm³/mol. The van der Waals surface area contributed by atoms with E-state index in [1.54, 1.807) is 11.8 Å². The minimum Gasteiger partial charge on any atom is -0.0895 e. The van der Waals surface area contributed by atoms with Crippen LogP contribution >= 0.6 is 27.7 Å². The van der Waals surface area contributed by atoms with Crippen molar-refractivity contribution in [2.45, 2.75) is 9.79 Å². The Bertz CT molecular complexity index is 427. The van der Waals surface area contributed by atoms with Crippen LogP contribution in [0.5, 0.6) is 0 Å². The van der Waals surface area contributed by atoms with E-state index in [0.29, 0.717) is 0 Å². The lowest BCUT2D eigenvalue weighted by molar-refractivity contribution is 1.39. The van der Waals surface area contributed by atoms with Crippen molar-refractivity contribution in [2.24, 2.45) is 0 Å². The molecular formula is C12H8BBrS. The van der Waals surface area contributed by atoms with Crippen LogP contribution in [0.25, 0.3) is 0 Å². The molecule has 0 amide bonds. The molecule has 0 bridgehead atoms. The fraction of sp³-hybridized carbons (Fsp3) is 0. The molecule has 0 nitrogen and oxygen atoms in total. The van der Waals surface area contributed by atoms with E-state index in [1.807, 2.05) is 42.5 Å². The first kappa shape index (κ1) is 10.8. The summed E-state index contributed by atoms with van der Waals surface area (Å²) in [7, 11) is 5.88. The molecule has 0 atom stereocenters. The molecule has 0 spiro atoms. The van der Waals surface area contributed by atoms with Crippen molar-refractivity contribution in [1.29, 1.82) is 0 Å². The fourth-order valence-corrected chi connectivity index (χ4v) is 2.63. The first-order valence-electron chi connectivity index (χ1n) is 4.54. The van der Waals surface area contributed by atoms with Gasteiger partial charge in [-0.3, -0.25) is 0 Å². The Morgan fingerprint density at radius 3 is 2.13 bits per heavy atom. The fourth-order valence-electron chi connectivity index (χ4n) is 1.22. The zero-order chi connectivity index (χ0) is 10.7. The summed E-state index contributed by atoms with van der Waals surface area (Å²) in [5, 5.41) is 0. The number of benzene rings is 2. The highest BCUT2D eigenvalue weighted by Gasteiger charge is 2.02. The molecule has 2 rings (SSSR count). The molecule has 0 saturated carbocycles. The molecule has 0 heterocycles. The highest BCUT2D eigenvalue weighted by Crippen LogP contribution is 2.31. The van der Waals surface area contributed by atoms with Crippen molar-refractivity contribution in [3.63, 3.8) is 0 Å². The van der Waals surface area contributed by atoms with Crippen LogP contribution in [0, 0.1) is 0 Å². The summed E-state index contributed by atoms with van der Waals surface area (Å²) >= 11 is 5.19. The third-order valence-electron chi connectivity index (χ3n) is 1.98. The maximum Gasteiger partial charge on any atom is 0.115 e. The minimum absolute atomic E-state index is 0.818. The van der Waals surface area contributed by atoms with Crippen molar-refractivity contribution in [1.82, 2.24) is 0 Å². The molecule has 0 aliphatic rings. The molecule has 0 aliphatic heterocycles. The zero-order valence-electron chi connectivity index (χ0n) is 7.98. The molecule has 0 fully saturated rings. The molecule has 0 unspecified atom stereocenters. The van der Waals surface area contributed by atoms with Crippen molar-refractivity contribution < 1.29 is 0 Å². The van der Waals surface area contributed by atoms with Gasteiger partial charge in [0.2, 0.25) is 0 Å². The molecule has 2 radical (unpaired) electrons. The Kier molecular flexibility index (Phi) is 3.55. The summed E-state index contributed by atoms with van der Waals surface area (Å²) in [5.74, 6) is 0. The Morgan fingerprint density at radius 1 is 0.867 bits per heavy atom. The number of hydrogen-bond acceptors (Lipinski definition) is 1. The molecule has 0 N–H and O–H groups in total. The number of hydrogen-bond donors (Lipinski definition) is 0. The molecule has 2 aromatic carbocycles. The van der Waals surface area contributed by atoms with Gasteiger partial charge in [0, 0.05) is 14.3 Å². The Morgan fingerprint density at radius 2 is 1.47 bits per heavy atom. The molecule has 0 aromatic heterocycles. The number of rotatable bonds is 2. The molecule has 0 aliphatic carbocycles. The highest BCUT2D eigenvalue weighted by atomic mass is 79.9. The van der Waals surface area contributed by atoms with Gasteiger partial charge in [-0.25, -0.2) is 0 Å². The molecule has 0 saturated heterocycles. The second-order valence-electron chi connectivity index (χ2n) is 3.07. The SMILES string of the molecule is [B]c1ccccc1Sc1ccccc1Br. The van der Waals surface area contributed by atoms with Crippen LogP contribution in [-0.4, -0.2) is 7.85 Å². The zero-order valence-corrected chi connectivity index (χ0v) is 10.4. The van der Waals surface area contributed by atoms with E-state index in [1.165, 1.54) is 4.90 Å². The molecule has 15 heavy (non-hydrogen) atoms. The van der Waals surface area contributed by atoms with E-state index in [9.17, 15) is 0 Å². The van der Waals surface area contributed by atoms with Crippen molar-refractivity contribution in [3.8, 4) is 0 Å². The molecule has 72 valence electrons. The van der Waals surface area contributed by atoms with Gasteiger partial charge in [0.15, 0.2) is 0 Å². The van der Waals surface area contributed by atoms with Gasteiger partial charge in [-0.05, 0) is 34.1 Å². The van der Waals surface area contributed by atoms with Crippen LogP contribution in [0.2, 0.25) is 0 Å². The van der Waals surface area contributed by atoms with Crippen LogP contribution in [0.15, 0.2) is 62.8 Å². The van der Waals surface area contributed by atoms with Crippen molar-refractivity contribution in [3.05, 3.63) is 53.0 Å². The summed E-state index contributed by atoms with van der Waals surface area (Å²) in [6.45, 7) is 0. The second kappa shape index (κ2) is 4.91. The Balaban J connectivity index is 2.30. The van der Waals surface area contributed by atoms with E-state index in [4.69, 9.17) is 7.85 Å². The lowest BCUT2D eigenvalue weighted by Crippen LogP contribution is -2.04. The summed E-state index contributed by atoms with van der Waals surface area (Å²) in [6.07, 6.45) is 0. The lowest BCUT2D eigenvalue weighted by atomic mass is 9.97. The molecule has 2 aromatic rings. The highest BCUT2D eigenvalue weighted by molar-refractivity contribution is 9.10. The summed E-state index contributed by atoms with van der Waals surface area (Å²) in [4.78, 5) is 2.26. The van der Waals surface area contributed by atoms with Crippen LogP contribution in [0.4, 0.5) is 0 Å². The maximum atomic E-state index is 5.88. The van der Waals surface area contributed by atoms with E-state index in [2.05, 4.69) is 22.0 Å². The number of halogens is 1. The molecule has 3 heteroatoms. The monoisotopic (exact) mass is 274 g/mol. The standard InChI is InChI=1S/C12H8BBrS/c13-9-5-1-3-7-11(9)15-12-8-4-2-6-10(12)14/h1-8H. The van der Waals surface area contributed by atoms with Gasteiger partial charge in [0.05, 0.1) is 0 Å². The smallest absolute Gasteiger partial charge is 0.0895 e. The second-order valence-corrected chi connectivity index (χ2v) is 5.01. The van der Waals surface area contributed by atoms with Crippen LogP contribution < -0.4 is 5.46 Å². The van der Waals surface area contributed by atoms with Crippen molar-refractivity contribution >= 4 is 41.0 Å². The summed E-state index contributed by atoms with van der Waals surface area (Å²) in [6, 6.07) is 16.0. The van der Waals surface area contributed by atoms with Crippen LogP contribution in [-0.2, 0) is 0 Å². The average Bonchev–Trinajstić information content (AvgIpc) is 2.24. The van der Waals surface area contributed by atoms with Gasteiger partial charge in [-0.15, -0.1) is 0 Å². The Labute approximate surface area is 104 Å².